The molecule has 0 atom stereocenters. The molecule has 7 nitrogen and oxygen atoms in total. The van der Waals surface area contributed by atoms with Gasteiger partial charge in [-0.2, -0.15) is 0 Å². The number of hydrogen-bond donors (Lipinski definition) is 1. The molecule has 0 saturated carbocycles. The molecule has 154 valence electrons. The van der Waals surface area contributed by atoms with Crippen molar-refractivity contribution in [3.63, 3.8) is 0 Å². The van der Waals surface area contributed by atoms with Gasteiger partial charge in [0.25, 0.3) is 5.91 Å². The van der Waals surface area contributed by atoms with Crippen LogP contribution in [0.5, 0.6) is 5.75 Å². The molecule has 29 heavy (non-hydrogen) atoms. The number of amides is 1. The summed E-state index contributed by atoms with van der Waals surface area (Å²) in [5.74, 6) is 0.600. The van der Waals surface area contributed by atoms with Crippen LogP contribution < -0.4 is 15.0 Å². The molecule has 9 heteroatoms. The van der Waals surface area contributed by atoms with Crippen LogP contribution in [0.2, 0.25) is 0 Å². The summed E-state index contributed by atoms with van der Waals surface area (Å²) in [5.41, 5.74) is 1.17. The van der Waals surface area contributed by atoms with Crippen LogP contribution in [0.25, 0.3) is 0 Å². The number of halogens is 1. The molecule has 1 aliphatic heterocycles. The Labute approximate surface area is 180 Å². The fourth-order valence-electron chi connectivity index (χ4n) is 3.36. The summed E-state index contributed by atoms with van der Waals surface area (Å²) in [6.45, 7) is 2.41. The number of rotatable bonds is 6. The zero-order valence-corrected chi connectivity index (χ0v) is 17.8. The lowest BCUT2D eigenvalue weighted by Crippen LogP contribution is -2.31. The van der Waals surface area contributed by atoms with E-state index in [1.807, 2.05) is 46.5 Å². The number of benzene rings is 1. The van der Waals surface area contributed by atoms with Crippen LogP contribution in [0.4, 0.5) is 5.69 Å². The molecule has 3 heterocycles. The van der Waals surface area contributed by atoms with Gasteiger partial charge in [0.05, 0.1) is 25.9 Å². The Morgan fingerprint density at radius 3 is 2.69 bits per heavy atom. The summed E-state index contributed by atoms with van der Waals surface area (Å²) in [6.07, 6.45) is 3.77. The molecule has 2 aromatic heterocycles. The number of methoxy groups -OCH3 is 1. The van der Waals surface area contributed by atoms with Gasteiger partial charge in [-0.05, 0) is 61.6 Å². The molecular formula is C20H24ClN5O2S. The van der Waals surface area contributed by atoms with E-state index in [-0.39, 0.29) is 18.3 Å². The summed E-state index contributed by atoms with van der Waals surface area (Å²) in [4.78, 5) is 16.1. The average molecular weight is 434 g/mol. The molecule has 1 fully saturated rings. The molecule has 0 bridgehead atoms. The number of nitrogens with one attached hydrogen (secondary N) is 1. The summed E-state index contributed by atoms with van der Waals surface area (Å²) < 4.78 is 7.08. The Hall–Kier alpha value is -2.42. The van der Waals surface area contributed by atoms with Crippen LogP contribution >= 0.6 is 23.7 Å². The van der Waals surface area contributed by atoms with Crippen molar-refractivity contribution in [2.75, 3.05) is 25.1 Å². The van der Waals surface area contributed by atoms with Gasteiger partial charge in [0.2, 0.25) is 0 Å². The first-order chi connectivity index (χ1) is 13.7. The number of nitrogens with zero attached hydrogens (tertiary/aromatic N) is 4. The standard InChI is InChI=1S/C20H23N5O2S.ClH/c1-27-17-6-4-15(5-7-17)24(13-18-3-2-12-28-18)20(26)19-14-25(23-22-19)16-8-10-21-11-9-16;/h2-7,12,14,16,21H,8-11,13H2,1H3;1H. The molecule has 1 aliphatic rings. The Balaban J connectivity index is 0.00000240. The van der Waals surface area contributed by atoms with E-state index in [0.717, 1.165) is 42.2 Å². The lowest BCUT2D eigenvalue weighted by atomic mass is 10.1. The van der Waals surface area contributed by atoms with Crippen LogP contribution in [0, 0.1) is 0 Å². The molecule has 0 unspecified atom stereocenters. The molecule has 1 amide bonds. The third-order valence-corrected chi connectivity index (χ3v) is 5.80. The largest absolute Gasteiger partial charge is 0.497 e. The van der Waals surface area contributed by atoms with Gasteiger partial charge in [0, 0.05) is 10.6 Å². The zero-order chi connectivity index (χ0) is 19.3. The van der Waals surface area contributed by atoms with E-state index in [0.29, 0.717) is 18.3 Å². The van der Waals surface area contributed by atoms with Crippen molar-refractivity contribution in [1.82, 2.24) is 20.3 Å². The average Bonchev–Trinajstić information content (AvgIpc) is 3.44. The maximum Gasteiger partial charge on any atom is 0.280 e. The number of thiophene rings is 1. The summed E-state index contributed by atoms with van der Waals surface area (Å²) in [6, 6.07) is 11.8. The van der Waals surface area contributed by atoms with Gasteiger partial charge in [-0.25, -0.2) is 4.68 Å². The number of piperidine rings is 1. The van der Waals surface area contributed by atoms with Gasteiger partial charge in [-0.15, -0.1) is 28.8 Å². The zero-order valence-electron chi connectivity index (χ0n) is 16.2. The van der Waals surface area contributed by atoms with Crippen molar-refractivity contribution in [3.05, 3.63) is 58.5 Å². The highest BCUT2D eigenvalue weighted by atomic mass is 35.5. The van der Waals surface area contributed by atoms with Gasteiger partial charge < -0.3 is 15.0 Å². The Kier molecular flexibility index (Phi) is 7.24. The molecule has 0 spiro atoms. The monoisotopic (exact) mass is 433 g/mol. The van der Waals surface area contributed by atoms with Crippen molar-refractivity contribution in [2.24, 2.45) is 0 Å². The van der Waals surface area contributed by atoms with Gasteiger partial charge in [-0.3, -0.25) is 4.79 Å². The van der Waals surface area contributed by atoms with E-state index >= 15 is 0 Å². The minimum atomic E-state index is -0.154. The fourth-order valence-corrected chi connectivity index (χ4v) is 4.06. The smallest absolute Gasteiger partial charge is 0.280 e. The van der Waals surface area contributed by atoms with Crippen molar-refractivity contribution in [2.45, 2.75) is 25.4 Å². The van der Waals surface area contributed by atoms with Crippen molar-refractivity contribution >= 4 is 35.3 Å². The highest BCUT2D eigenvalue weighted by molar-refractivity contribution is 7.09. The summed E-state index contributed by atoms with van der Waals surface area (Å²) >= 11 is 1.63. The normalized spacial score (nSPS) is 14.2. The second-order valence-electron chi connectivity index (χ2n) is 6.73. The highest BCUT2D eigenvalue weighted by Crippen LogP contribution is 2.25. The second kappa shape index (κ2) is 9.87. The van der Waals surface area contributed by atoms with Gasteiger partial charge in [0.1, 0.15) is 5.75 Å². The minimum Gasteiger partial charge on any atom is -0.497 e. The Bertz CT molecular complexity index is 907. The van der Waals surface area contributed by atoms with Crippen LogP contribution in [-0.2, 0) is 6.54 Å². The number of carbonyl (C=O) groups is 1. The van der Waals surface area contributed by atoms with E-state index in [1.54, 1.807) is 29.5 Å². The first-order valence-corrected chi connectivity index (χ1v) is 10.2. The summed E-state index contributed by atoms with van der Waals surface area (Å²) in [5, 5.41) is 13.8. The quantitative estimate of drug-likeness (QED) is 0.643. The SMILES string of the molecule is COc1ccc(N(Cc2cccs2)C(=O)c2cn(C3CCNCC3)nn2)cc1.Cl. The third-order valence-electron chi connectivity index (χ3n) is 4.94. The Morgan fingerprint density at radius 1 is 1.28 bits per heavy atom. The maximum absolute atomic E-state index is 13.3. The van der Waals surface area contributed by atoms with E-state index in [1.165, 1.54) is 0 Å². The third kappa shape index (κ3) is 4.95. The Morgan fingerprint density at radius 2 is 2.03 bits per heavy atom. The summed E-state index contributed by atoms with van der Waals surface area (Å²) in [7, 11) is 1.63. The number of aromatic nitrogens is 3. The van der Waals surface area contributed by atoms with Crippen LogP contribution in [-0.4, -0.2) is 41.1 Å². The molecule has 1 aromatic carbocycles. The van der Waals surface area contributed by atoms with Crippen LogP contribution in [0.3, 0.4) is 0 Å². The van der Waals surface area contributed by atoms with Crippen LogP contribution in [0.15, 0.2) is 48.0 Å². The van der Waals surface area contributed by atoms with Gasteiger partial charge in [0.15, 0.2) is 5.69 Å². The first-order valence-electron chi connectivity index (χ1n) is 9.35. The van der Waals surface area contributed by atoms with E-state index in [4.69, 9.17) is 4.74 Å². The molecule has 1 saturated heterocycles. The molecule has 3 aromatic rings. The van der Waals surface area contributed by atoms with Crippen molar-refractivity contribution < 1.29 is 9.53 Å². The topological polar surface area (TPSA) is 72.3 Å². The molecular weight excluding hydrogens is 410 g/mol. The number of hydrogen-bond acceptors (Lipinski definition) is 6. The predicted molar refractivity (Wildman–Crippen MR) is 116 cm³/mol. The minimum absolute atomic E-state index is 0. The number of anilines is 1. The fraction of sp³-hybridized carbons (Fsp3) is 0.350. The molecule has 1 N–H and O–H groups in total. The van der Waals surface area contributed by atoms with E-state index < -0.39 is 0 Å². The van der Waals surface area contributed by atoms with Gasteiger partial charge in [-0.1, -0.05) is 11.3 Å². The van der Waals surface area contributed by atoms with E-state index in [2.05, 4.69) is 15.6 Å². The van der Waals surface area contributed by atoms with E-state index in [9.17, 15) is 4.79 Å². The molecule has 0 radical (unpaired) electrons. The highest BCUT2D eigenvalue weighted by Gasteiger charge is 2.24. The second-order valence-corrected chi connectivity index (χ2v) is 7.77. The number of carbonyl (C=O) groups excluding carboxylic acids is 1. The van der Waals surface area contributed by atoms with Gasteiger partial charge >= 0.3 is 0 Å². The van der Waals surface area contributed by atoms with Crippen molar-refractivity contribution in [3.8, 4) is 5.75 Å². The lowest BCUT2D eigenvalue weighted by molar-refractivity contribution is 0.0980. The molecule has 0 aliphatic carbocycles. The van der Waals surface area contributed by atoms with Crippen molar-refractivity contribution in [1.29, 1.82) is 0 Å². The lowest BCUT2D eigenvalue weighted by Gasteiger charge is -2.22. The number of ether oxygens (including phenoxy) is 1. The predicted octanol–water partition coefficient (Wildman–Crippen LogP) is 3.54. The maximum atomic E-state index is 13.3. The van der Waals surface area contributed by atoms with Crippen LogP contribution in [0.1, 0.15) is 34.2 Å². The molecule has 4 rings (SSSR count). The first kappa shape index (κ1) is 21.3.